The Morgan fingerprint density at radius 2 is 2.00 bits per heavy atom. The van der Waals surface area contributed by atoms with Crippen LogP contribution in [0.4, 0.5) is 5.13 Å². The van der Waals surface area contributed by atoms with Crippen LogP contribution in [0.1, 0.15) is 10.6 Å². The molecule has 0 unspecified atom stereocenters. The Labute approximate surface area is 121 Å². The first-order valence-electron chi connectivity index (χ1n) is 5.97. The number of benzene rings is 1. The van der Waals surface area contributed by atoms with Crippen molar-refractivity contribution in [3.8, 4) is 0 Å². The molecule has 0 fully saturated rings. The molecule has 0 aliphatic rings. The maximum Gasteiger partial charge on any atom is 0.236 e. The molecule has 0 saturated heterocycles. The Bertz CT molecular complexity index is 641. The molecule has 1 heterocycles. The van der Waals surface area contributed by atoms with Gasteiger partial charge in [0, 0.05) is 0 Å². The standard InChI is InChI=1S/C12H15N3O3S2/c1-10-13-14-12(19-10)15-20(16,17)8-7-18-9-11-5-3-2-4-6-11/h2-6H,7-9H2,1H3,(H,14,15). The van der Waals surface area contributed by atoms with E-state index in [0.29, 0.717) is 11.6 Å². The summed E-state index contributed by atoms with van der Waals surface area (Å²) in [4.78, 5) is 0. The van der Waals surface area contributed by atoms with E-state index in [1.54, 1.807) is 6.92 Å². The molecule has 0 radical (unpaired) electrons. The third-order valence-corrected chi connectivity index (χ3v) is 4.47. The molecule has 1 N–H and O–H groups in total. The lowest BCUT2D eigenvalue weighted by Gasteiger charge is -2.06. The molecular formula is C12H15N3O3S2. The summed E-state index contributed by atoms with van der Waals surface area (Å²) in [6, 6.07) is 9.60. The normalized spacial score (nSPS) is 11.4. The summed E-state index contributed by atoms with van der Waals surface area (Å²) in [6.45, 7) is 2.29. The number of rotatable bonds is 7. The second-order valence-electron chi connectivity index (χ2n) is 4.09. The topological polar surface area (TPSA) is 81.2 Å². The van der Waals surface area contributed by atoms with Crippen LogP contribution < -0.4 is 4.72 Å². The van der Waals surface area contributed by atoms with Crippen molar-refractivity contribution < 1.29 is 13.2 Å². The number of hydrogen-bond donors (Lipinski definition) is 1. The summed E-state index contributed by atoms with van der Waals surface area (Å²) >= 11 is 1.20. The van der Waals surface area contributed by atoms with Crippen LogP contribution in [0, 0.1) is 6.92 Å². The first-order valence-corrected chi connectivity index (χ1v) is 8.44. The fourth-order valence-electron chi connectivity index (χ4n) is 1.45. The van der Waals surface area contributed by atoms with Crippen molar-refractivity contribution in [3.63, 3.8) is 0 Å². The highest BCUT2D eigenvalue weighted by Crippen LogP contribution is 2.15. The number of sulfonamides is 1. The smallest absolute Gasteiger partial charge is 0.236 e. The maximum atomic E-state index is 11.8. The van der Waals surface area contributed by atoms with Gasteiger partial charge in [-0.15, -0.1) is 10.2 Å². The van der Waals surface area contributed by atoms with E-state index in [0.717, 1.165) is 5.56 Å². The van der Waals surface area contributed by atoms with Gasteiger partial charge in [-0.3, -0.25) is 4.72 Å². The highest BCUT2D eigenvalue weighted by molar-refractivity contribution is 7.92. The lowest BCUT2D eigenvalue weighted by molar-refractivity contribution is 0.135. The largest absolute Gasteiger partial charge is 0.376 e. The van der Waals surface area contributed by atoms with Gasteiger partial charge in [-0.1, -0.05) is 41.7 Å². The first-order chi connectivity index (χ1) is 9.55. The van der Waals surface area contributed by atoms with Crippen molar-refractivity contribution in [1.82, 2.24) is 10.2 Å². The predicted octanol–water partition coefficient (Wildman–Crippen LogP) is 1.81. The van der Waals surface area contributed by atoms with Crippen molar-refractivity contribution in [3.05, 3.63) is 40.9 Å². The van der Waals surface area contributed by atoms with Crippen molar-refractivity contribution in [1.29, 1.82) is 0 Å². The number of nitrogens with zero attached hydrogens (tertiary/aromatic N) is 2. The second-order valence-corrected chi connectivity index (χ2v) is 7.11. The quantitative estimate of drug-likeness (QED) is 0.788. The van der Waals surface area contributed by atoms with Gasteiger partial charge in [0.15, 0.2) is 0 Å². The maximum absolute atomic E-state index is 11.8. The van der Waals surface area contributed by atoms with Crippen molar-refractivity contribution in [2.24, 2.45) is 0 Å². The molecule has 108 valence electrons. The Morgan fingerprint density at radius 3 is 2.65 bits per heavy atom. The zero-order valence-electron chi connectivity index (χ0n) is 10.9. The molecule has 0 spiro atoms. The minimum absolute atomic E-state index is 0.113. The highest BCUT2D eigenvalue weighted by Gasteiger charge is 2.13. The van der Waals surface area contributed by atoms with Crippen LogP contribution in [-0.4, -0.2) is 31.0 Å². The van der Waals surface area contributed by atoms with E-state index in [1.807, 2.05) is 30.3 Å². The molecule has 2 aromatic rings. The average Bonchev–Trinajstić information content (AvgIpc) is 2.80. The Morgan fingerprint density at radius 1 is 1.25 bits per heavy atom. The Hall–Kier alpha value is -1.51. The van der Waals surface area contributed by atoms with Gasteiger partial charge in [0.25, 0.3) is 0 Å². The molecule has 0 aliphatic heterocycles. The van der Waals surface area contributed by atoms with E-state index in [1.165, 1.54) is 11.3 Å². The van der Waals surface area contributed by atoms with Crippen LogP contribution in [0.15, 0.2) is 30.3 Å². The third-order valence-electron chi connectivity index (χ3n) is 2.38. The van der Waals surface area contributed by atoms with Gasteiger partial charge in [0.1, 0.15) is 5.01 Å². The van der Waals surface area contributed by atoms with Crippen molar-refractivity contribution in [2.75, 3.05) is 17.1 Å². The fourth-order valence-corrected chi connectivity index (χ4v) is 3.19. The number of ether oxygens (including phenoxy) is 1. The lowest BCUT2D eigenvalue weighted by Crippen LogP contribution is -2.20. The van der Waals surface area contributed by atoms with E-state index in [2.05, 4.69) is 14.9 Å². The monoisotopic (exact) mass is 313 g/mol. The number of aryl methyl sites for hydroxylation is 1. The Kier molecular flexibility index (Phi) is 5.05. The molecule has 8 heteroatoms. The molecule has 2 rings (SSSR count). The fraction of sp³-hybridized carbons (Fsp3) is 0.333. The molecule has 0 amide bonds. The van der Waals surface area contributed by atoms with Gasteiger partial charge in [0.2, 0.25) is 15.2 Å². The molecule has 0 atom stereocenters. The average molecular weight is 313 g/mol. The van der Waals surface area contributed by atoms with Gasteiger partial charge in [0.05, 0.1) is 19.0 Å². The lowest BCUT2D eigenvalue weighted by atomic mass is 10.2. The van der Waals surface area contributed by atoms with Gasteiger partial charge in [-0.05, 0) is 12.5 Å². The summed E-state index contributed by atoms with van der Waals surface area (Å²) in [7, 11) is -3.44. The van der Waals surface area contributed by atoms with E-state index < -0.39 is 10.0 Å². The summed E-state index contributed by atoms with van der Waals surface area (Å²) < 4.78 is 31.3. The van der Waals surface area contributed by atoms with Crippen LogP contribution in [0.3, 0.4) is 0 Å². The zero-order valence-corrected chi connectivity index (χ0v) is 12.6. The first kappa shape index (κ1) is 14.9. The van der Waals surface area contributed by atoms with Gasteiger partial charge in [-0.2, -0.15) is 0 Å². The van der Waals surface area contributed by atoms with E-state index in [4.69, 9.17) is 4.74 Å². The predicted molar refractivity (Wildman–Crippen MR) is 78.2 cm³/mol. The molecule has 0 bridgehead atoms. The van der Waals surface area contributed by atoms with E-state index in [-0.39, 0.29) is 17.5 Å². The number of hydrogen-bond acceptors (Lipinski definition) is 6. The summed E-state index contributed by atoms with van der Waals surface area (Å²) in [5.74, 6) is -0.113. The summed E-state index contributed by atoms with van der Waals surface area (Å²) in [5, 5.41) is 8.46. The van der Waals surface area contributed by atoms with Gasteiger partial charge in [-0.25, -0.2) is 8.42 Å². The van der Waals surface area contributed by atoms with Gasteiger partial charge < -0.3 is 4.74 Å². The van der Waals surface area contributed by atoms with Crippen LogP contribution in [0.2, 0.25) is 0 Å². The molecule has 1 aromatic heterocycles. The van der Waals surface area contributed by atoms with Crippen molar-refractivity contribution >= 4 is 26.5 Å². The molecule has 20 heavy (non-hydrogen) atoms. The number of anilines is 1. The number of aromatic nitrogens is 2. The van der Waals surface area contributed by atoms with E-state index in [9.17, 15) is 8.42 Å². The van der Waals surface area contributed by atoms with Crippen molar-refractivity contribution in [2.45, 2.75) is 13.5 Å². The molecule has 1 aromatic carbocycles. The number of nitrogens with one attached hydrogen (secondary N) is 1. The highest BCUT2D eigenvalue weighted by atomic mass is 32.2. The third kappa shape index (κ3) is 4.87. The summed E-state index contributed by atoms with van der Waals surface area (Å²) in [6.07, 6.45) is 0. The minimum Gasteiger partial charge on any atom is -0.376 e. The van der Waals surface area contributed by atoms with Crippen LogP contribution in [0.5, 0.6) is 0 Å². The summed E-state index contributed by atoms with van der Waals surface area (Å²) in [5.41, 5.74) is 1.01. The minimum atomic E-state index is -3.44. The SMILES string of the molecule is Cc1nnc(NS(=O)(=O)CCOCc2ccccc2)s1. The Balaban J connectivity index is 1.75. The van der Waals surface area contributed by atoms with Crippen LogP contribution in [-0.2, 0) is 21.4 Å². The van der Waals surface area contributed by atoms with Crippen LogP contribution in [0.25, 0.3) is 0 Å². The molecule has 0 aliphatic carbocycles. The molecule has 6 nitrogen and oxygen atoms in total. The zero-order chi connectivity index (χ0) is 14.4. The second kappa shape index (κ2) is 6.78. The van der Waals surface area contributed by atoms with Gasteiger partial charge >= 0.3 is 0 Å². The molecule has 0 saturated carbocycles. The molecular weight excluding hydrogens is 298 g/mol. The van der Waals surface area contributed by atoms with Crippen LogP contribution >= 0.6 is 11.3 Å². The van der Waals surface area contributed by atoms with E-state index >= 15 is 0 Å².